The van der Waals surface area contributed by atoms with E-state index in [1.165, 1.54) is 0 Å². The predicted molar refractivity (Wildman–Crippen MR) is 74.4 cm³/mol. The van der Waals surface area contributed by atoms with Crippen molar-refractivity contribution >= 4 is 5.69 Å². The van der Waals surface area contributed by atoms with Crippen LogP contribution in [0.2, 0.25) is 0 Å². The number of para-hydroxylation sites is 1. The van der Waals surface area contributed by atoms with Crippen molar-refractivity contribution in [3.63, 3.8) is 0 Å². The van der Waals surface area contributed by atoms with Crippen molar-refractivity contribution in [2.45, 2.75) is 33.3 Å². The standard InChI is InChI=1S/C15H22N2O/c1-12(2)11-17(10-6-9-16)15-8-5-4-7-14(15)13(3)18/h4-5,7-8,12-13,18H,6,10-11H2,1-3H3/t13-/m1/s1. The minimum Gasteiger partial charge on any atom is -0.389 e. The maximum atomic E-state index is 9.82. The molecule has 0 amide bonds. The maximum Gasteiger partial charge on any atom is 0.0781 e. The molecule has 1 aromatic rings. The fraction of sp³-hybridized carbons (Fsp3) is 0.533. The average molecular weight is 246 g/mol. The lowest BCUT2D eigenvalue weighted by atomic mass is 10.1. The fourth-order valence-electron chi connectivity index (χ4n) is 2.06. The predicted octanol–water partition coefficient (Wildman–Crippen LogP) is 3.12. The Kier molecular flexibility index (Phi) is 5.67. The third-order valence-electron chi connectivity index (χ3n) is 2.81. The molecule has 0 saturated heterocycles. The highest BCUT2D eigenvalue weighted by atomic mass is 16.3. The smallest absolute Gasteiger partial charge is 0.0781 e. The van der Waals surface area contributed by atoms with Crippen LogP contribution in [0, 0.1) is 17.2 Å². The van der Waals surface area contributed by atoms with E-state index in [1.54, 1.807) is 6.92 Å². The molecule has 18 heavy (non-hydrogen) atoms. The molecule has 0 heterocycles. The largest absolute Gasteiger partial charge is 0.389 e. The average Bonchev–Trinajstić information content (AvgIpc) is 2.34. The second-order valence-electron chi connectivity index (χ2n) is 4.98. The summed E-state index contributed by atoms with van der Waals surface area (Å²) in [4.78, 5) is 2.19. The van der Waals surface area contributed by atoms with Gasteiger partial charge in [0.2, 0.25) is 0 Å². The molecule has 1 aromatic carbocycles. The minimum absolute atomic E-state index is 0.488. The molecule has 0 bridgehead atoms. The molecular weight excluding hydrogens is 224 g/mol. The lowest BCUT2D eigenvalue weighted by Crippen LogP contribution is -2.29. The van der Waals surface area contributed by atoms with Crippen molar-refractivity contribution in [2.75, 3.05) is 18.0 Å². The molecular formula is C15H22N2O. The van der Waals surface area contributed by atoms with Crippen LogP contribution >= 0.6 is 0 Å². The maximum absolute atomic E-state index is 9.82. The fourth-order valence-corrected chi connectivity index (χ4v) is 2.06. The Balaban J connectivity index is 3.00. The first-order valence-electron chi connectivity index (χ1n) is 6.45. The van der Waals surface area contributed by atoms with Crippen LogP contribution in [0.1, 0.15) is 38.9 Å². The molecule has 0 aliphatic heterocycles. The van der Waals surface area contributed by atoms with Gasteiger partial charge >= 0.3 is 0 Å². The van der Waals surface area contributed by atoms with E-state index in [2.05, 4.69) is 24.8 Å². The molecule has 1 N–H and O–H groups in total. The highest BCUT2D eigenvalue weighted by molar-refractivity contribution is 5.54. The van der Waals surface area contributed by atoms with Gasteiger partial charge in [0.1, 0.15) is 0 Å². The topological polar surface area (TPSA) is 47.3 Å². The van der Waals surface area contributed by atoms with Crippen molar-refractivity contribution in [2.24, 2.45) is 5.92 Å². The Morgan fingerprint density at radius 3 is 2.50 bits per heavy atom. The van der Waals surface area contributed by atoms with Gasteiger partial charge in [-0.05, 0) is 18.9 Å². The van der Waals surface area contributed by atoms with Crippen molar-refractivity contribution in [1.29, 1.82) is 5.26 Å². The summed E-state index contributed by atoms with van der Waals surface area (Å²) in [6.07, 6.45) is 0.0128. The minimum atomic E-state index is -0.488. The molecule has 0 aliphatic carbocycles. The number of aliphatic hydroxyl groups is 1. The molecule has 0 spiro atoms. The van der Waals surface area contributed by atoms with Gasteiger partial charge in [0, 0.05) is 24.3 Å². The Bertz CT molecular complexity index is 407. The Morgan fingerprint density at radius 1 is 1.28 bits per heavy atom. The van der Waals surface area contributed by atoms with Crippen LogP contribution < -0.4 is 4.90 Å². The van der Waals surface area contributed by atoms with E-state index in [0.717, 1.165) is 17.8 Å². The van der Waals surface area contributed by atoms with Crippen molar-refractivity contribution in [1.82, 2.24) is 0 Å². The summed E-state index contributed by atoms with van der Waals surface area (Å²) in [5.41, 5.74) is 1.97. The Morgan fingerprint density at radius 2 is 1.94 bits per heavy atom. The number of rotatable bonds is 6. The van der Waals surface area contributed by atoms with Gasteiger partial charge in [-0.2, -0.15) is 5.26 Å². The number of hydrogen-bond donors (Lipinski definition) is 1. The first-order valence-corrected chi connectivity index (χ1v) is 6.45. The lowest BCUT2D eigenvalue weighted by Gasteiger charge is -2.28. The van der Waals surface area contributed by atoms with Crippen molar-refractivity contribution in [3.8, 4) is 6.07 Å². The van der Waals surface area contributed by atoms with Crippen LogP contribution in [-0.2, 0) is 0 Å². The van der Waals surface area contributed by atoms with Gasteiger partial charge in [0.05, 0.1) is 18.6 Å². The Labute approximate surface area is 110 Å². The quantitative estimate of drug-likeness (QED) is 0.839. The van der Waals surface area contributed by atoms with Crippen LogP contribution in [0.4, 0.5) is 5.69 Å². The van der Waals surface area contributed by atoms with Crippen LogP contribution in [0.25, 0.3) is 0 Å². The van der Waals surface area contributed by atoms with E-state index in [9.17, 15) is 5.11 Å². The Hall–Kier alpha value is -1.53. The van der Waals surface area contributed by atoms with E-state index in [-0.39, 0.29) is 0 Å². The van der Waals surface area contributed by atoms with Crippen LogP contribution in [0.5, 0.6) is 0 Å². The molecule has 3 heteroatoms. The summed E-state index contributed by atoms with van der Waals surface area (Å²) >= 11 is 0. The molecule has 0 fully saturated rings. The highest BCUT2D eigenvalue weighted by Crippen LogP contribution is 2.26. The zero-order valence-corrected chi connectivity index (χ0v) is 11.4. The van der Waals surface area contributed by atoms with Crippen molar-refractivity contribution in [3.05, 3.63) is 29.8 Å². The molecule has 0 aliphatic rings. The van der Waals surface area contributed by atoms with E-state index in [0.29, 0.717) is 18.9 Å². The summed E-state index contributed by atoms with van der Waals surface area (Å²) in [6.45, 7) is 7.69. The zero-order valence-electron chi connectivity index (χ0n) is 11.4. The molecule has 98 valence electrons. The van der Waals surface area contributed by atoms with Crippen LogP contribution in [0.3, 0.4) is 0 Å². The van der Waals surface area contributed by atoms with E-state index >= 15 is 0 Å². The van der Waals surface area contributed by atoms with E-state index in [1.807, 2.05) is 24.3 Å². The molecule has 0 radical (unpaired) electrons. The second-order valence-corrected chi connectivity index (χ2v) is 4.98. The highest BCUT2D eigenvalue weighted by Gasteiger charge is 2.14. The normalized spacial score (nSPS) is 12.2. The zero-order chi connectivity index (χ0) is 13.5. The molecule has 3 nitrogen and oxygen atoms in total. The summed E-state index contributed by atoms with van der Waals surface area (Å²) in [7, 11) is 0. The molecule has 0 saturated carbocycles. The van der Waals surface area contributed by atoms with E-state index in [4.69, 9.17) is 5.26 Å². The van der Waals surface area contributed by atoms with E-state index < -0.39 is 6.10 Å². The summed E-state index contributed by atoms with van der Waals surface area (Å²) in [5, 5.41) is 18.6. The van der Waals surface area contributed by atoms with Crippen molar-refractivity contribution < 1.29 is 5.11 Å². The molecule has 0 unspecified atom stereocenters. The van der Waals surface area contributed by atoms with Gasteiger partial charge in [-0.15, -0.1) is 0 Å². The number of hydrogen-bond acceptors (Lipinski definition) is 3. The number of nitriles is 1. The monoisotopic (exact) mass is 246 g/mol. The first kappa shape index (κ1) is 14.5. The van der Waals surface area contributed by atoms with Gasteiger partial charge in [0.25, 0.3) is 0 Å². The number of nitrogens with zero attached hydrogens (tertiary/aromatic N) is 2. The van der Waals surface area contributed by atoms with Gasteiger partial charge < -0.3 is 10.0 Å². The number of aliphatic hydroxyl groups excluding tert-OH is 1. The van der Waals surface area contributed by atoms with Crippen LogP contribution in [0.15, 0.2) is 24.3 Å². The number of benzene rings is 1. The van der Waals surface area contributed by atoms with Gasteiger partial charge in [0.15, 0.2) is 0 Å². The first-order chi connectivity index (χ1) is 8.56. The third kappa shape index (κ3) is 4.05. The lowest BCUT2D eigenvalue weighted by molar-refractivity contribution is 0.199. The molecule has 1 atom stereocenters. The third-order valence-corrected chi connectivity index (χ3v) is 2.81. The SMILES string of the molecule is CC(C)CN(CCC#N)c1ccccc1[C@@H](C)O. The summed E-state index contributed by atoms with van der Waals surface area (Å²) in [5.74, 6) is 0.519. The second kappa shape index (κ2) is 7.03. The summed E-state index contributed by atoms with van der Waals surface area (Å²) < 4.78 is 0. The van der Waals surface area contributed by atoms with Gasteiger partial charge in [-0.3, -0.25) is 0 Å². The van der Waals surface area contributed by atoms with Gasteiger partial charge in [-0.1, -0.05) is 32.0 Å². The molecule has 1 rings (SSSR count). The summed E-state index contributed by atoms with van der Waals surface area (Å²) in [6, 6.07) is 10.1. The van der Waals surface area contributed by atoms with Crippen LogP contribution in [-0.4, -0.2) is 18.2 Å². The number of anilines is 1. The van der Waals surface area contributed by atoms with Gasteiger partial charge in [-0.25, -0.2) is 0 Å². The molecule has 0 aromatic heterocycles.